The van der Waals surface area contributed by atoms with E-state index in [9.17, 15) is 14.0 Å². The van der Waals surface area contributed by atoms with Gasteiger partial charge in [-0.25, -0.2) is 4.39 Å². The van der Waals surface area contributed by atoms with Crippen LogP contribution in [0.25, 0.3) is 6.08 Å². The molecule has 1 saturated heterocycles. The van der Waals surface area contributed by atoms with Crippen molar-refractivity contribution >= 4 is 46.2 Å². The second-order valence-corrected chi connectivity index (χ2v) is 8.02. The molecule has 0 aliphatic carbocycles. The Bertz CT molecular complexity index is 931. The van der Waals surface area contributed by atoms with Crippen LogP contribution in [0.5, 0.6) is 0 Å². The van der Waals surface area contributed by atoms with Gasteiger partial charge in [0.05, 0.1) is 4.91 Å². The zero-order valence-electron chi connectivity index (χ0n) is 15.3. The van der Waals surface area contributed by atoms with Gasteiger partial charge in [-0.1, -0.05) is 72.5 Å². The van der Waals surface area contributed by atoms with Crippen LogP contribution in [-0.4, -0.2) is 39.5 Å². The highest BCUT2D eigenvalue weighted by Crippen LogP contribution is 2.33. The predicted octanol–water partition coefficient (Wildman–Crippen LogP) is 4.08. The number of nitrogens with zero attached hydrogens (tertiary/aromatic N) is 2. The van der Waals surface area contributed by atoms with E-state index in [0.29, 0.717) is 21.3 Å². The number of benzene rings is 2. The molecule has 28 heavy (non-hydrogen) atoms. The highest BCUT2D eigenvalue weighted by Gasteiger charge is 2.32. The molecule has 4 nitrogen and oxygen atoms in total. The predicted molar refractivity (Wildman–Crippen MR) is 114 cm³/mol. The van der Waals surface area contributed by atoms with Crippen LogP contribution < -0.4 is 0 Å². The van der Waals surface area contributed by atoms with E-state index >= 15 is 0 Å². The van der Waals surface area contributed by atoms with Crippen molar-refractivity contribution in [3.63, 3.8) is 0 Å². The minimum atomic E-state index is -0.398. The molecular weight excluding hydrogens is 395 g/mol. The fourth-order valence-electron chi connectivity index (χ4n) is 2.77. The van der Waals surface area contributed by atoms with Crippen LogP contribution in [0.3, 0.4) is 0 Å². The number of thioether (sulfide) groups is 1. The van der Waals surface area contributed by atoms with Crippen molar-refractivity contribution in [2.24, 2.45) is 0 Å². The maximum atomic E-state index is 13.8. The van der Waals surface area contributed by atoms with Crippen molar-refractivity contribution in [1.29, 1.82) is 0 Å². The Morgan fingerprint density at radius 3 is 2.57 bits per heavy atom. The first-order valence-electron chi connectivity index (χ1n) is 8.73. The van der Waals surface area contributed by atoms with Gasteiger partial charge in [0.25, 0.3) is 5.91 Å². The van der Waals surface area contributed by atoms with E-state index < -0.39 is 5.82 Å². The normalized spacial score (nSPS) is 15.4. The summed E-state index contributed by atoms with van der Waals surface area (Å²) in [7, 11) is 1.73. The molecule has 1 aliphatic rings. The molecule has 0 atom stereocenters. The fourth-order valence-corrected chi connectivity index (χ4v) is 4.07. The van der Waals surface area contributed by atoms with Crippen molar-refractivity contribution in [3.8, 4) is 0 Å². The number of carbonyl (C=O) groups is 2. The van der Waals surface area contributed by atoms with Crippen LogP contribution in [0.4, 0.5) is 4.39 Å². The lowest BCUT2D eigenvalue weighted by atomic mass is 10.2. The van der Waals surface area contributed by atoms with Gasteiger partial charge in [-0.15, -0.1) is 0 Å². The van der Waals surface area contributed by atoms with Crippen LogP contribution in [-0.2, 0) is 16.1 Å². The molecule has 0 radical (unpaired) electrons. The molecule has 0 unspecified atom stereocenters. The van der Waals surface area contributed by atoms with Crippen molar-refractivity contribution in [1.82, 2.24) is 9.80 Å². The Labute approximate surface area is 173 Å². The highest BCUT2D eigenvalue weighted by atomic mass is 32.2. The number of carbonyl (C=O) groups excluding carboxylic acids is 2. The summed E-state index contributed by atoms with van der Waals surface area (Å²) in [5.74, 6) is -0.766. The maximum absolute atomic E-state index is 13.8. The highest BCUT2D eigenvalue weighted by molar-refractivity contribution is 8.26. The van der Waals surface area contributed by atoms with Gasteiger partial charge in [-0.2, -0.15) is 0 Å². The molecule has 0 N–H and O–H groups in total. The number of halogens is 1. The van der Waals surface area contributed by atoms with Gasteiger partial charge in [0.2, 0.25) is 5.91 Å². The van der Waals surface area contributed by atoms with Crippen molar-refractivity contribution in [2.75, 3.05) is 13.6 Å². The smallest absolute Gasteiger partial charge is 0.266 e. The molecule has 1 aliphatic heterocycles. The van der Waals surface area contributed by atoms with Gasteiger partial charge in [-0.3, -0.25) is 14.5 Å². The van der Waals surface area contributed by atoms with Crippen LogP contribution in [0.1, 0.15) is 17.5 Å². The molecule has 0 aromatic heterocycles. The molecule has 2 aromatic carbocycles. The fraction of sp³-hybridized carbons (Fsp3) is 0.190. The van der Waals surface area contributed by atoms with Crippen molar-refractivity contribution < 1.29 is 14.0 Å². The third kappa shape index (κ3) is 4.85. The lowest BCUT2D eigenvalue weighted by Crippen LogP contribution is -2.34. The van der Waals surface area contributed by atoms with Crippen LogP contribution in [0, 0.1) is 5.82 Å². The average molecular weight is 415 g/mol. The SMILES string of the molecule is CN(Cc1ccccc1)C(=O)CCN1C(=O)/C(=C\c2ccccc2F)SC1=S. The first-order chi connectivity index (χ1) is 13.5. The maximum Gasteiger partial charge on any atom is 0.266 e. The Balaban J connectivity index is 1.60. The van der Waals surface area contributed by atoms with Crippen LogP contribution >= 0.6 is 24.0 Å². The summed E-state index contributed by atoms with van der Waals surface area (Å²) in [6.07, 6.45) is 1.67. The summed E-state index contributed by atoms with van der Waals surface area (Å²) in [5, 5.41) is 0. The zero-order chi connectivity index (χ0) is 20.1. The van der Waals surface area contributed by atoms with E-state index in [2.05, 4.69) is 0 Å². The molecule has 2 aromatic rings. The minimum absolute atomic E-state index is 0.0732. The van der Waals surface area contributed by atoms with E-state index in [4.69, 9.17) is 12.2 Å². The topological polar surface area (TPSA) is 40.6 Å². The zero-order valence-corrected chi connectivity index (χ0v) is 16.9. The van der Waals surface area contributed by atoms with Gasteiger partial charge >= 0.3 is 0 Å². The monoisotopic (exact) mass is 414 g/mol. The Hall–Kier alpha value is -2.51. The summed E-state index contributed by atoms with van der Waals surface area (Å²) in [6.45, 7) is 0.711. The molecule has 0 spiro atoms. The second-order valence-electron chi connectivity index (χ2n) is 6.34. The molecule has 144 valence electrons. The first kappa shape index (κ1) is 20.2. The van der Waals surface area contributed by atoms with E-state index in [1.54, 1.807) is 30.1 Å². The first-order valence-corrected chi connectivity index (χ1v) is 9.96. The van der Waals surface area contributed by atoms with Crippen LogP contribution in [0.15, 0.2) is 59.5 Å². The quantitative estimate of drug-likeness (QED) is 0.528. The Morgan fingerprint density at radius 2 is 1.86 bits per heavy atom. The Morgan fingerprint density at radius 1 is 1.18 bits per heavy atom. The second kappa shape index (κ2) is 9.12. The molecule has 0 bridgehead atoms. The number of hydrogen-bond donors (Lipinski definition) is 0. The van der Waals surface area contributed by atoms with E-state index in [-0.39, 0.29) is 24.8 Å². The molecule has 2 amide bonds. The van der Waals surface area contributed by atoms with Crippen molar-refractivity contribution in [3.05, 3.63) is 76.4 Å². The van der Waals surface area contributed by atoms with E-state index in [1.807, 2.05) is 30.3 Å². The molecule has 1 fully saturated rings. The number of thiocarbonyl (C=S) groups is 1. The van der Waals surface area contributed by atoms with Gasteiger partial charge < -0.3 is 4.90 Å². The molecule has 3 rings (SSSR count). The number of rotatable bonds is 6. The van der Waals surface area contributed by atoms with Gasteiger partial charge in [0, 0.05) is 32.1 Å². The van der Waals surface area contributed by atoms with Crippen molar-refractivity contribution in [2.45, 2.75) is 13.0 Å². The van der Waals surface area contributed by atoms with Gasteiger partial charge in [-0.05, 0) is 17.7 Å². The third-order valence-corrected chi connectivity index (χ3v) is 5.68. The number of hydrogen-bond acceptors (Lipinski definition) is 4. The molecule has 7 heteroatoms. The lowest BCUT2D eigenvalue weighted by Gasteiger charge is -2.19. The molecule has 1 heterocycles. The Kier molecular flexibility index (Phi) is 6.59. The minimum Gasteiger partial charge on any atom is -0.341 e. The average Bonchev–Trinajstić information content (AvgIpc) is 2.95. The van der Waals surface area contributed by atoms with E-state index in [1.165, 1.54) is 17.0 Å². The molecular formula is C21H19FN2O2S2. The van der Waals surface area contributed by atoms with Gasteiger partial charge in [0.15, 0.2) is 0 Å². The summed E-state index contributed by atoms with van der Waals surface area (Å²) < 4.78 is 14.2. The third-order valence-electron chi connectivity index (χ3n) is 4.30. The lowest BCUT2D eigenvalue weighted by molar-refractivity contribution is -0.131. The summed E-state index contributed by atoms with van der Waals surface area (Å²) >= 11 is 6.40. The van der Waals surface area contributed by atoms with Crippen LogP contribution in [0.2, 0.25) is 0 Å². The summed E-state index contributed by atoms with van der Waals surface area (Å²) in [4.78, 5) is 28.4. The largest absolute Gasteiger partial charge is 0.341 e. The summed E-state index contributed by atoms with van der Waals surface area (Å²) in [5.41, 5.74) is 1.37. The number of amides is 2. The summed E-state index contributed by atoms with van der Waals surface area (Å²) in [6, 6.07) is 15.9. The standard InChI is InChI=1S/C21H19FN2O2S2/c1-23(14-15-7-3-2-4-8-15)19(25)11-12-24-20(26)18(28-21(24)27)13-16-9-5-6-10-17(16)22/h2-10,13H,11-12,14H2,1H3/b18-13+. The molecule has 0 saturated carbocycles. The van der Waals surface area contributed by atoms with E-state index in [0.717, 1.165) is 17.3 Å². The van der Waals surface area contributed by atoms with Gasteiger partial charge in [0.1, 0.15) is 10.1 Å².